The molecule has 0 saturated carbocycles. The third-order valence-corrected chi connectivity index (χ3v) is 2.65. The molecule has 0 aliphatic rings. The number of aromatic nitrogens is 2. The highest BCUT2D eigenvalue weighted by Crippen LogP contribution is 2.13. The molecular formula is C10H14N4O3S. The molecule has 5 N–H and O–H groups in total. The summed E-state index contributed by atoms with van der Waals surface area (Å²) in [5.74, 6) is -0.0654. The molecular weight excluding hydrogens is 256 g/mol. The van der Waals surface area contributed by atoms with Crippen molar-refractivity contribution in [3.8, 4) is 0 Å². The molecule has 8 heteroatoms. The van der Waals surface area contributed by atoms with Crippen molar-refractivity contribution in [1.82, 2.24) is 9.97 Å². The number of rotatable bonds is 5. The second-order valence-electron chi connectivity index (χ2n) is 3.24. The molecule has 0 fully saturated rings. The van der Waals surface area contributed by atoms with Crippen LogP contribution in [-0.4, -0.2) is 28.3 Å². The van der Waals surface area contributed by atoms with Crippen LogP contribution in [0.3, 0.4) is 0 Å². The van der Waals surface area contributed by atoms with E-state index in [2.05, 4.69) is 9.97 Å². The predicted molar refractivity (Wildman–Crippen MR) is 68.9 cm³/mol. The van der Waals surface area contributed by atoms with E-state index in [0.29, 0.717) is 23.2 Å². The third kappa shape index (κ3) is 4.91. The number of hydrogen-bond donors (Lipinski definition) is 3. The van der Waals surface area contributed by atoms with Crippen LogP contribution in [0.1, 0.15) is 6.92 Å². The molecule has 98 valence electrons. The molecule has 0 unspecified atom stereocenters. The monoisotopic (exact) mass is 270 g/mol. The first kappa shape index (κ1) is 14.1. The number of nitrogens with one attached hydrogen (secondary N) is 1. The van der Waals surface area contributed by atoms with Gasteiger partial charge >= 0.3 is 5.97 Å². The molecule has 0 aromatic carbocycles. The summed E-state index contributed by atoms with van der Waals surface area (Å²) in [7, 11) is 0. The standard InChI is InChI=1S/C10H14N4O3S/c1-2-17-9(16)3-6(11)5-18-10-13-7(12)4-8(15)14-10/h3-4H,2,5,11H2,1H3,(H3,12,13,14,15)/b6-3-. The van der Waals surface area contributed by atoms with Crippen molar-refractivity contribution in [2.24, 2.45) is 5.73 Å². The lowest BCUT2D eigenvalue weighted by Crippen LogP contribution is -2.11. The summed E-state index contributed by atoms with van der Waals surface area (Å²) in [6, 6.07) is 1.18. The minimum absolute atomic E-state index is 0.134. The van der Waals surface area contributed by atoms with Crippen LogP contribution < -0.4 is 17.0 Å². The summed E-state index contributed by atoms with van der Waals surface area (Å²) in [6.07, 6.45) is 1.20. The van der Waals surface area contributed by atoms with Gasteiger partial charge in [0.15, 0.2) is 5.16 Å². The van der Waals surface area contributed by atoms with Crippen molar-refractivity contribution >= 4 is 23.5 Å². The van der Waals surface area contributed by atoms with Gasteiger partial charge < -0.3 is 21.2 Å². The van der Waals surface area contributed by atoms with E-state index in [1.807, 2.05) is 0 Å². The lowest BCUT2D eigenvalue weighted by molar-refractivity contribution is -0.137. The molecule has 1 aromatic heterocycles. The molecule has 0 aliphatic carbocycles. The van der Waals surface area contributed by atoms with Gasteiger partial charge in [-0.1, -0.05) is 11.8 Å². The fourth-order valence-electron chi connectivity index (χ4n) is 1.05. The Balaban J connectivity index is 2.59. The van der Waals surface area contributed by atoms with Gasteiger partial charge in [0.1, 0.15) is 5.82 Å². The van der Waals surface area contributed by atoms with Crippen molar-refractivity contribution in [1.29, 1.82) is 0 Å². The van der Waals surface area contributed by atoms with Crippen molar-refractivity contribution in [2.45, 2.75) is 12.1 Å². The van der Waals surface area contributed by atoms with Gasteiger partial charge in [-0.3, -0.25) is 4.79 Å². The first-order valence-corrected chi connectivity index (χ1v) is 6.12. The summed E-state index contributed by atoms with van der Waals surface area (Å²) < 4.78 is 4.70. The van der Waals surface area contributed by atoms with Crippen LogP contribution in [0.4, 0.5) is 5.82 Å². The number of nitrogens with zero attached hydrogens (tertiary/aromatic N) is 1. The number of nitrogens with two attached hydrogens (primary N) is 2. The smallest absolute Gasteiger partial charge is 0.332 e. The Hall–Kier alpha value is -1.96. The Morgan fingerprint density at radius 3 is 3.00 bits per heavy atom. The van der Waals surface area contributed by atoms with Gasteiger partial charge in [-0.2, -0.15) is 0 Å². The zero-order chi connectivity index (χ0) is 13.5. The number of nitrogen functional groups attached to an aromatic ring is 1. The number of carbonyl (C=O) groups is 1. The lowest BCUT2D eigenvalue weighted by Gasteiger charge is -2.02. The Morgan fingerprint density at radius 1 is 1.67 bits per heavy atom. The Labute approximate surface area is 108 Å². The maximum atomic E-state index is 11.1. The molecule has 1 heterocycles. The first-order valence-electron chi connectivity index (χ1n) is 5.13. The van der Waals surface area contributed by atoms with Crippen LogP contribution in [0.2, 0.25) is 0 Å². The lowest BCUT2D eigenvalue weighted by atomic mass is 10.4. The number of H-pyrrole nitrogens is 1. The van der Waals surface area contributed by atoms with E-state index in [0.717, 1.165) is 0 Å². The number of thioether (sulfide) groups is 1. The molecule has 0 radical (unpaired) electrons. The molecule has 1 rings (SSSR count). The molecule has 0 amide bonds. The fourth-order valence-corrected chi connectivity index (χ4v) is 1.78. The van der Waals surface area contributed by atoms with Crippen molar-refractivity contribution in [3.63, 3.8) is 0 Å². The summed E-state index contributed by atoms with van der Waals surface area (Å²) in [6.45, 7) is 2.00. The van der Waals surface area contributed by atoms with Gasteiger partial charge in [-0.05, 0) is 6.92 Å². The Bertz CT molecular complexity index is 512. The average molecular weight is 270 g/mol. The van der Waals surface area contributed by atoms with E-state index in [9.17, 15) is 9.59 Å². The molecule has 0 atom stereocenters. The summed E-state index contributed by atoms with van der Waals surface area (Å²) in [5, 5.41) is 0.347. The van der Waals surface area contributed by atoms with Crippen molar-refractivity contribution in [3.05, 3.63) is 28.2 Å². The topological polar surface area (TPSA) is 124 Å². The number of ether oxygens (including phenoxy) is 1. The predicted octanol–water partition coefficient (Wildman–Crippen LogP) is -0.150. The van der Waals surface area contributed by atoms with E-state index in [4.69, 9.17) is 16.2 Å². The highest BCUT2D eigenvalue weighted by Gasteiger charge is 2.03. The minimum Gasteiger partial charge on any atom is -0.463 e. The highest BCUT2D eigenvalue weighted by molar-refractivity contribution is 7.99. The summed E-state index contributed by atoms with van der Waals surface area (Å²) in [4.78, 5) is 28.6. The maximum absolute atomic E-state index is 11.1. The Kier molecular flexibility index (Phi) is 5.25. The molecule has 1 aromatic rings. The molecule has 0 bridgehead atoms. The van der Waals surface area contributed by atoms with Gasteiger partial charge in [0.05, 0.1) is 6.61 Å². The number of esters is 1. The summed E-state index contributed by atoms with van der Waals surface area (Å²) >= 11 is 1.17. The van der Waals surface area contributed by atoms with Gasteiger partial charge in [-0.25, -0.2) is 9.78 Å². The van der Waals surface area contributed by atoms with E-state index in [-0.39, 0.29) is 11.4 Å². The van der Waals surface area contributed by atoms with E-state index in [1.165, 1.54) is 23.9 Å². The Morgan fingerprint density at radius 2 is 2.39 bits per heavy atom. The number of anilines is 1. The third-order valence-electron chi connectivity index (χ3n) is 1.71. The van der Waals surface area contributed by atoms with E-state index < -0.39 is 5.97 Å². The van der Waals surface area contributed by atoms with Crippen LogP contribution in [0.5, 0.6) is 0 Å². The minimum atomic E-state index is -0.496. The number of hydrogen-bond acceptors (Lipinski definition) is 7. The van der Waals surface area contributed by atoms with Crippen molar-refractivity contribution in [2.75, 3.05) is 18.1 Å². The second kappa shape index (κ2) is 6.70. The van der Waals surface area contributed by atoms with Crippen LogP contribution in [0.25, 0.3) is 0 Å². The van der Waals surface area contributed by atoms with E-state index >= 15 is 0 Å². The number of carbonyl (C=O) groups excluding carboxylic acids is 1. The largest absolute Gasteiger partial charge is 0.463 e. The van der Waals surface area contributed by atoms with E-state index in [1.54, 1.807) is 6.92 Å². The first-order chi connectivity index (χ1) is 8.51. The zero-order valence-electron chi connectivity index (χ0n) is 9.80. The summed E-state index contributed by atoms with van der Waals surface area (Å²) in [5.41, 5.74) is 11.0. The van der Waals surface area contributed by atoms with Gasteiger partial charge in [0, 0.05) is 23.6 Å². The highest BCUT2D eigenvalue weighted by atomic mass is 32.2. The fraction of sp³-hybridized carbons (Fsp3) is 0.300. The molecule has 0 spiro atoms. The van der Waals surface area contributed by atoms with Crippen molar-refractivity contribution < 1.29 is 9.53 Å². The van der Waals surface area contributed by atoms with Crippen LogP contribution in [0, 0.1) is 0 Å². The molecule has 0 aliphatic heterocycles. The second-order valence-corrected chi connectivity index (χ2v) is 4.20. The van der Waals surface area contributed by atoms with Crippen LogP contribution in [-0.2, 0) is 9.53 Å². The van der Waals surface area contributed by atoms with Gasteiger partial charge in [0.2, 0.25) is 0 Å². The van der Waals surface area contributed by atoms with Crippen LogP contribution in [0.15, 0.2) is 27.8 Å². The zero-order valence-corrected chi connectivity index (χ0v) is 10.6. The van der Waals surface area contributed by atoms with Gasteiger partial charge in [0.25, 0.3) is 5.56 Å². The maximum Gasteiger partial charge on any atom is 0.332 e. The SMILES string of the molecule is CCOC(=O)/C=C(\N)CSc1nc(N)cc(=O)[nH]1. The number of aromatic amines is 1. The average Bonchev–Trinajstić information content (AvgIpc) is 2.25. The normalized spacial score (nSPS) is 11.3. The molecule has 0 saturated heterocycles. The molecule has 18 heavy (non-hydrogen) atoms. The molecule has 7 nitrogen and oxygen atoms in total. The quantitative estimate of drug-likeness (QED) is 0.294. The van der Waals surface area contributed by atoms with Crippen LogP contribution >= 0.6 is 11.8 Å². The van der Waals surface area contributed by atoms with Gasteiger partial charge in [-0.15, -0.1) is 0 Å².